The van der Waals surface area contributed by atoms with E-state index in [4.69, 9.17) is 5.73 Å². The summed E-state index contributed by atoms with van der Waals surface area (Å²) in [6.07, 6.45) is 0. The molecule has 0 unspecified atom stereocenters. The predicted octanol–water partition coefficient (Wildman–Crippen LogP) is 0.740. The molecule has 0 saturated heterocycles. The van der Waals surface area contributed by atoms with E-state index in [1.807, 2.05) is 0 Å². The molecular formula is C11H14N2O2S. The van der Waals surface area contributed by atoms with E-state index in [9.17, 15) is 8.42 Å². The molecular weight excluding hydrogens is 224 g/mol. The van der Waals surface area contributed by atoms with Gasteiger partial charge in [0, 0.05) is 18.7 Å². The highest BCUT2D eigenvalue weighted by Crippen LogP contribution is 2.16. The molecule has 0 fully saturated rings. The molecule has 0 aliphatic carbocycles. The molecule has 0 aromatic heterocycles. The summed E-state index contributed by atoms with van der Waals surface area (Å²) in [4.78, 5) is 0. The van der Waals surface area contributed by atoms with Gasteiger partial charge >= 0.3 is 0 Å². The highest BCUT2D eigenvalue weighted by atomic mass is 32.2. The van der Waals surface area contributed by atoms with Crippen LogP contribution in [0.5, 0.6) is 0 Å². The van der Waals surface area contributed by atoms with Gasteiger partial charge in [-0.25, -0.2) is 8.42 Å². The van der Waals surface area contributed by atoms with Gasteiger partial charge < -0.3 is 5.73 Å². The molecule has 0 spiro atoms. The van der Waals surface area contributed by atoms with Gasteiger partial charge in [-0.15, -0.1) is 0 Å². The molecule has 2 N–H and O–H groups in total. The van der Waals surface area contributed by atoms with Gasteiger partial charge in [0.05, 0.1) is 11.4 Å². The van der Waals surface area contributed by atoms with Crippen LogP contribution in [0.4, 0.5) is 5.69 Å². The van der Waals surface area contributed by atoms with E-state index in [1.54, 1.807) is 31.2 Å². The van der Waals surface area contributed by atoms with E-state index in [1.165, 1.54) is 11.4 Å². The third-order valence-electron chi connectivity index (χ3n) is 2.23. The number of hydrogen-bond acceptors (Lipinski definition) is 3. The van der Waals surface area contributed by atoms with Crippen LogP contribution in [-0.4, -0.2) is 21.2 Å². The van der Waals surface area contributed by atoms with Crippen molar-refractivity contribution in [2.24, 2.45) is 5.73 Å². The lowest BCUT2D eigenvalue weighted by Gasteiger charge is -2.18. The van der Waals surface area contributed by atoms with Crippen LogP contribution in [0, 0.1) is 12.0 Å². The Hall–Kier alpha value is -1.67. The third-order valence-corrected chi connectivity index (χ3v) is 4.00. The largest absolute Gasteiger partial charge is 0.359 e. The first-order valence-electron chi connectivity index (χ1n) is 4.79. The van der Waals surface area contributed by atoms with Crippen LogP contribution in [0.2, 0.25) is 0 Å². The average molecular weight is 238 g/mol. The molecule has 1 aromatic carbocycles. The summed E-state index contributed by atoms with van der Waals surface area (Å²) in [6, 6.07) is 9.16. The summed E-state index contributed by atoms with van der Waals surface area (Å²) < 4.78 is 24.4. The third kappa shape index (κ3) is 2.67. The molecule has 0 bridgehead atoms. The summed E-state index contributed by atoms with van der Waals surface area (Å²) in [5.74, 6) is 2.76. The standard InChI is InChI=1S/C11H14N2O2S/c1-3-16(14,15)13(2)11-6-4-10(5-7-11)8-9-12/h4-7H,3,12H2,1-2H3. The molecule has 5 heteroatoms. The predicted molar refractivity (Wildman–Crippen MR) is 65.4 cm³/mol. The summed E-state index contributed by atoms with van der Waals surface area (Å²) in [7, 11) is -1.67. The van der Waals surface area contributed by atoms with Crippen LogP contribution in [-0.2, 0) is 10.0 Å². The maximum atomic E-state index is 11.6. The van der Waals surface area contributed by atoms with Gasteiger partial charge in [-0.3, -0.25) is 4.31 Å². The lowest BCUT2D eigenvalue weighted by atomic mass is 10.2. The molecule has 0 aliphatic rings. The van der Waals surface area contributed by atoms with Gasteiger partial charge in [0.15, 0.2) is 0 Å². The second-order valence-corrected chi connectivity index (χ2v) is 5.47. The van der Waals surface area contributed by atoms with Crippen molar-refractivity contribution in [2.75, 3.05) is 17.1 Å². The fourth-order valence-electron chi connectivity index (χ4n) is 1.19. The van der Waals surface area contributed by atoms with Gasteiger partial charge in [0.2, 0.25) is 10.0 Å². The minimum atomic E-state index is -3.20. The van der Waals surface area contributed by atoms with Gasteiger partial charge in [0.25, 0.3) is 0 Å². The number of benzene rings is 1. The van der Waals surface area contributed by atoms with Crippen molar-refractivity contribution in [1.82, 2.24) is 0 Å². The van der Waals surface area contributed by atoms with E-state index in [0.717, 1.165) is 5.56 Å². The van der Waals surface area contributed by atoms with Gasteiger partial charge in [-0.05, 0) is 37.1 Å². The lowest BCUT2D eigenvalue weighted by molar-refractivity contribution is 0.595. The van der Waals surface area contributed by atoms with Crippen LogP contribution in [0.3, 0.4) is 0 Å². The summed E-state index contributed by atoms with van der Waals surface area (Å²) in [6.45, 7) is 1.61. The number of nitrogens with zero attached hydrogens (tertiary/aromatic N) is 1. The van der Waals surface area contributed by atoms with Gasteiger partial charge in [-0.1, -0.05) is 0 Å². The van der Waals surface area contributed by atoms with Crippen LogP contribution in [0.15, 0.2) is 24.3 Å². The first-order chi connectivity index (χ1) is 7.51. The van der Waals surface area contributed by atoms with E-state index in [2.05, 4.69) is 12.0 Å². The first kappa shape index (κ1) is 12.4. The Kier molecular flexibility index (Phi) is 3.80. The minimum absolute atomic E-state index is 0.0772. The van der Waals surface area contributed by atoms with Crippen molar-refractivity contribution >= 4 is 15.7 Å². The normalized spacial score (nSPS) is 10.4. The second kappa shape index (κ2) is 4.90. The molecule has 0 atom stereocenters. The Bertz CT molecular complexity index is 509. The number of anilines is 1. The quantitative estimate of drug-likeness (QED) is 0.624. The number of sulfonamides is 1. The van der Waals surface area contributed by atoms with Crippen LogP contribution in [0.1, 0.15) is 12.5 Å². The molecule has 0 radical (unpaired) electrons. The average Bonchev–Trinajstić information content (AvgIpc) is 2.29. The minimum Gasteiger partial charge on any atom is -0.359 e. The Morgan fingerprint density at radius 2 is 1.88 bits per heavy atom. The van der Waals surface area contributed by atoms with E-state index >= 15 is 0 Å². The van der Waals surface area contributed by atoms with Crippen molar-refractivity contribution in [3.05, 3.63) is 29.8 Å². The van der Waals surface area contributed by atoms with Crippen molar-refractivity contribution < 1.29 is 8.42 Å². The molecule has 0 aliphatic heterocycles. The second-order valence-electron chi connectivity index (χ2n) is 3.18. The molecule has 16 heavy (non-hydrogen) atoms. The van der Waals surface area contributed by atoms with E-state index in [-0.39, 0.29) is 5.75 Å². The molecule has 1 rings (SSSR count). The van der Waals surface area contributed by atoms with Crippen molar-refractivity contribution in [3.8, 4) is 12.0 Å². The molecule has 4 nitrogen and oxygen atoms in total. The molecule has 0 saturated carbocycles. The highest BCUT2D eigenvalue weighted by molar-refractivity contribution is 7.92. The monoisotopic (exact) mass is 238 g/mol. The maximum absolute atomic E-state index is 11.6. The summed E-state index contributed by atoms with van der Waals surface area (Å²) in [5.41, 5.74) is 6.45. The van der Waals surface area contributed by atoms with Crippen molar-refractivity contribution in [1.29, 1.82) is 0 Å². The first-order valence-corrected chi connectivity index (χ1v) is 6.40. The van der Waals surface area contributed by atoms with E-state index < -0.39 is 10.0 Å². The Morgan fingerprint density at radius 1 is 1.31 bits per heavy atom. The molecule has 86 valence electrons. The zero-order chi connectivity index (χ0) is 12.2. The van der Waals surface area contributed by atoms with Crippen LogP contribution >= 0.6 is 0 Å². The van der Waals surface area contributed by atoms with Crippen LogP contribution in [0.25, 0.3) is 0 Å². The van der Waals surface area contributed by atoms with Crippen molar-refractivity contribution in [2.45, 2.75) is 6.92 Å². The fourth-order valence-corrected chi connectivity index (χ4v) is 2.02. The van der Waals surface area contributed by atoms with Gasteiger partial charge in [-0.2, -0.15) is 0 Å². The zero-order valence-corrected chi connectivity index (χ0v) is 10.1. The number of hydrogen-bond donors (Lipinski definition) is 1. The van der Waals surface area contributed by atoms with Crippen LogP contribution < -0.4 is 10.0 Å². The highest BCUT2D eigenvalue weighted by Gasteiger charge is 2.14. The molecule has 0 amide bonds. The van der Waals surface area contributed by atoms with Gasteiger partial charge in [0.1, 0.15) is 0 Å². The summed E-state index contributed by atoms with van der Waals surface area (Å²) in [5, 5.41) is 0. The number of rotatable bonds is 3. The topological polar surface area (TPSA) is 63.4 Å². The SMILES string of the molecule is CCS(=O)(=O)N(C)c1ccc(C#CN)cc1. The molecule has 1 aromatic rings. The van der Waals surface area contributed by atoms with E-state index in [0.29, 0.717) is 5.69 Å². The Morgan fingerprint density at radius 3 is 2.31 bits per heavy atom. The summed E-state index contributed by atoms with van der Waals surface area (Å²) >= 11 is 0. The maximum Gasteiger partial charge on any atom is 0.234 e. The smallest absolute Gasteiger partial charge is 0.234 e. The fraction of sp³-hybridized carbons (Fsp3) is 0.273. The number of nitrogens with two attached hydrogens (primary N) is 1. The Labute approximate surface area is 96.1 Å². The molecule has 0 heterocycles. The zero-order valence-electron chi connectivity index (χ0n) is 9.27. The lowest BCUT2D eigenvalue weighted by Crippen LogP contribution is -2.27. The van der Waals surface area contributed by atoms with Crippen molar-refractivity contribution in [3.63, 3.8) is 0 Å². The Balaban J connectivity index is 3.02.